The SMILES string of the molecule is COCCn1cccc1[C@H]1[C@@H](c2ccccn2)NC(=S)N1c1ccc(OC(C)C)cc1. The predicted octanol–water partition coefficient (Wildman–Crippen LogP) is 4.49. The highest BCUT2D eigenvalue weighted by molar-refractivity contribution is 7.80. The first-order valence-electron chi connectivity index (χ1n) is 10.5. The van der Waals surface area contributed by atoms with E-state index in [1.807, 2.05) is 50.4 Å². The zero-order chi connectivity index (χ0) is 21.8. The van der Waals surface area contributed by atoms with Crippen molar-refractivity contribution >= 4 is 23.0 Å². The maximum atomic E-state index is 5.82. The first-order valence-corrected chi connectivity index (χ1v) is 10.9. The Labute approximate surface area is 188 Å². The average Bonchev–Trinajstić information content (AvgIpc) is 3.36. The van der Waals surface area contributed by atoms with Gasteiger partial charge in [0.1, 0.15) is 11.8 Å². The lowest BCUT2D eigenvalue weighted by molar-refractivity contribution is 0.186. The third-order valence-electron chi connectivity index (χ3n) is 5.29. The summed E-state index contributed by atoms with van der Waals surface area (Å²) in [6.45, 7) is 5.46. The number of ether oxygens (including phenoxy) is 2. The van der Waals surface area contributed by atoms with E-state index in [1.54, 1.807) is 7.11 Å². The van der Waals surface area contributed by atoms with Gasteiger partial charge < -0.3 is 24.3 Å². The van der Waals surface area contributed by atoms with Crippen LogP contribution in [0.15, 0.2) is 67.0 Å². The lowest BCUT2D eigenvalue weighted by Crippen LogP contribution is -2.30. The van der Waals surface area contributed by atoms with E-state index in [0.717, 1.165) is 29.4 Å². The molecule has 0 bridgehead atoms. The maximum absolute atomic E-state index is 5.82. The molecule has 7 heteroatoms. The minimum Gasteiger partial charge on any atom is -0.491 e. The van der Waals surface area contributed by atoms with Crippen molar-refractivity contribution in [3.05, 3.63) is 78.4 Å². The van der Waals surface area contributed by atoms with Crippen LogP contribution >= 0.6 is 12.2 Å². The van der Waals surface area contributed by atoms with Gasteiger partial charge in [-0.1, -0.05) is 6.07 Å². The topological polar surface area (TPSA) is 51.5 Å². The van der Waals surface area contributed by atoms with Gasteiger partial charge in [-0.05, 0) is 74.6 Å². The fourth-order valence-corrected chi connectivity index (χ4v) is 4.33. The molecule has 1 N–H and O–H groups in total. The van der Waals surface area contributed by atoms with Gasteiger partial charge in [0.05, 0.1) is 24.4 Å². The molecule has 1 saturated heterocycles. The average molecular weight is 437 g/mol. The van der Waals surface area contributed by atoms with Crippen LogP contribution in [0.3, 0.4) is 0 Å². The molecule has 0 amide bonds. The molecule has 3 heterocycles. The molecular weight excluding hydrogens is 408 g/mol. The van der Waals surface area contributed by atoms with E-state index in [-0.39, 0.29) is 18.2 Å². The number of methoxy groups -OCH3 is 1. The molecule has 0 radical (unpaired) electrons. The summed E-state index contributed by atoms with van der Waals surface area (Å²) in [7, 11) is 1.72. The van der Waals surface area contributed by atoms with Crippen LogP contribution in [0.4, 0.5) is 5.69 Å². The summed E-state index contributed by atoms with van der Waals surface area (Å²) in [4.78, 5) is 6.79. The Balaban J connectivity index is 1.74. The van der Waals surface area contributed by atoms with E-state index in [2.05, 4.69) is 50.2 Å². The number of rotatable bonds is 8. The molecule has 0 aliphatic carbocycles. The van der Waals surface area contributed by atoms with Crippen molar-refractivity contribution in [2.45, 2.75) is 38.6 Å². The molecule has 1 fully saturated rings. The number of anilines is 1. The minimum absolute atomic E-state index is 0.0499. The van der Waals surface area contributed by atoms with Gasteiger partial charge in [-0.25, -0.2) is 0 Å². The van der Waals surface area contributed by atoms with E-state index in [1.165, 1.54) is 0 Å². The number of nitrogens with zero attached hydrogens (tertiary/aromatic N) is 3. The van der Waals surface area contributed by atoms with Gasteiger partial charge >= 0.3 is 0 Å². The molecule has 4 rings (SSSR count). The Kier molecular flexibility index (Phi) is 6.53. The van der Waals surface area contributed by atoms with Gasteiger partial charge in [0.15, 0.2) is 5.11 Å². The summed E-state index contributed by atoms with van der Waals surface area (Å²) in [5.41, 5.74) is 3.12. The second kappa shape index (κ2) is 9.49. The van der Waals surface area contributed by atoms with Crippen molar-refractivity contribution in [3.8, 4) is 5.75 Å². The summed E-state index contributed by atoms with van der Waals surface area (Å²) in [6, 6.07) is 18.2. The van der Waals surface area contributed by atoms with Gasteiger partial charge in [0.2, 0.25) is 0 Å². The van der Waals surface area contributed by atoms with Crippen LogP contribution in [0.1, 0.15) is 37.3 Å². The minimum atomic E-state index is -0.0727. The van der Waals surface area contributed by atoms with Gasteiger partial charge in [0.25, 0.3) is 0 Å². The standard InChI is InChI=1S/C24H28N4O2S/c1-17(2)30-19-11-9-18(10-12-19)28-23(21-8-6-14-27(21)15-16-29-3)22(26-24(28)31)20-7-4-5-13-25-20/h4-14,17,22-23H,15-16H2,1-3H3,(H,26,31)/t22-,23+/m1/s1. The van der Waals surface area contributed by atoms with Crippen molar-refractivity contribution < 1.29 is 9.47 Å². The third-order valence-corrected chi connectivity index (χ3v) is 5.60. The Bertz CT molecular complexity index is 1000. The predicted molar refractivity (Wildman–Crippen MR) is 126 cm³/mol. The Morgan fingerprint density at radius 3 is 2.58 bits per heavy atom. The van der Waals surface area contributed by atoms with Crippen LogP contribution in [-0.4, -0.2) is 34.5 Å². The number of aromatic nitrogens is 2. The van der Waals surface area contributed by atoms with Crippen LogP contribution in [0, 0.1) is 0 Å². The van der Waals surface area contributed by atoms with Gasteiger partial charge in [-0.2, -0.15) is 0 Å². The summed E-state index contributed by atoms with van der Waals surface area (Å²) in [5.74, 6) is 0.845. The van der Waals surface area contributed by atoms with Gasteiger partial charge in [0, 0.05) is 37.4 Å². The van der Waals surface area contributed by atoms with E-state index < -0.39 is 0 Å². The van der Waals surface area contributed by atoms with Crippen molar-refractivity contribution in [3.63, 3.8) is 0 Å². The molecule has 1 aliphatic heterocycles. The lowest BCUT2D eigenvalue weighted by Gasteiger charge is -2.29. The maximum Gasteiger partial charge on any atom is 0.174 e. The van der Waals surface area contributed by atoms with E-state index in [4.69, 9.17) is 21.7 Å². The molecule has 31 heavy (non-hydrogen) atoms. The van der Waals surface area contributed by atoms with Crippen LogP contribution in [0.25, 0.3) is 0 Å². The normalized spacial score (nSPS) is 18.5. The fraction of sp³-hybridized carbons (Fsp3) is 0.333. The zero-order valence-electron chi connectivity index (χ0n) is 18.1. The largest absolute Gasteiger partial charge is 0.491 e. The van der Waals surface area contributed by atoms with Gasteiger partial charge in [-0.15, -0.1) is 0 Å². The molecule has 3 aromatic rings. The Morgan fingerprint density at radius 2 is 1.90 bits per heavy atom. The molecular formula is C24H28N4O2S. The van der Waals surface area contributed by atoms with E-state index in [9.17, 15) is 0 Å². The number of hydrogen-bond acceptors (Lipinski definition) is 4. The molecule has 0 saturated carbocycles. The molecule has 2 atom stereocenters. The highest BCUT2D eigenvalue weighted by Crippen LogP contribution is 2.41. The Morgan fingerprint density at radius 1 is 1.10 bits per heavy atom. The number of nitrogens with one attached hydrogen (secondary N) is 1. The summed E-state index contributed by atoms with van der Waals surface area (Å²) < 4.78 is 13.4. The molecule has 2 aromatic heterocycles. The lowest BCUT2D eigenvalue weighted by atomic mass is 10.0. The highest BCUT2D eigenvalue weighted by atomic mass is 32.1. The van der Waals surface area contributed by atoms with Crippen molar-refractivity contribution in [2.75, 3.05) is 18.6 Å². The summed E-state index contributed by atoms with van der Waals surface area (Å²) in [6.07, 6.45) is 4.04. The number of pyridine rings is 1. The van der Waals surface area contributed by atoms with Crippen LogP contribution in [-0.2, 0) is 11.3 Å². The molecule has 162 valence electrons. The molecule has 1 aliphatic rings. The smallest absolute Gasteiger partial charge is 0.174 e. The molecule has 1 aromatic carbocycles. The van der Waals surface area contributed by atoms with Crippen molar-refractivity contribution in [2.24, 2.45) is 0 Å². The third kappa shape index (κ3) is 4.57. The first kappa shape index (κ1) is 21.3. The quantitative estimate of drug-likeness (QED) is 0.525. The number of thiocarbonyl (C=S) groups is 1. The molecule has 0 spiro atoms. The second-order valence-corrected chi connectivity index (χ2v) is 8.16. The van der Waals surface area contributed by atoms with Gasteiger partial charge in [-0.3, -0.25) is 4.98 Å². The molecule has 0 unspecified atom stereocenters. The number of benzene rings is 1. The van der Waals surface area contributed by atoms with E-state index >= 15 is 0 Å². The second-order valence-electron chi connectivity index (χ2n) is 7.78. The highest BCUT2D eigenvalue weighted by Gasteiger charge is 2.41. The summed E-state index contributed by atoms with van der Waals surface area (Å²) >= 11 is 5.81. The molecule has 6 nitrogen and oxygen atoms in total. The Hall–Kier alpha value is -2.90. The van der Waals surface area contributed by atoms with Crippen molar-refractivity contribution in [1.29, 1.82) is 0 Å². The van der Waals surface area contributed by atoms with Crippen LogP contribution in [0.5, 0.6) is 5.75 Å². The summed E-state index contributed by atoms with van der Waals surface area (Å²) in [5, 5.41) is 4.18. The number of hydrogen-bond donors (Lipinski definition) is 1. The first-order chi connectivity index (χ1) is 15.1. The monoisotopic (exact) mass is 436 g/mol. The zero-order valence-corrected chi connectivity index (χ0v) is 18.9. The van der Waals surface area contributed by atoms with Crippen LogP contribution < -0.4 is 15.0 Å². The van der Waals surface area contributed by atoms with Crippen LogP contribution in [0.2, 0.25) is 0 Å². The van der Waals surface area contributed by atoms with Crippen molar-refractivity contribution in [1.82, 2.24) is 14.9 Å². The van der Waals surface area contributed by atoms with E-state index in [0.29, 0.717) is 11.7 Å². The fourth-order valence-electron chi connectivity index (χ4n) is 3.98.